The molecule has 0 aliphatic carbocycles. The fraction of sp³-hybridized carbons (Fsp3) is 0.692. The van der Waals surface area contributed by atoms with Crippen molar-refractivity contribution in [3.8, 4) is 0 Å². The smallest absolute Gasteiger partial charge is 0.0249 e. The second-order valence-electron chi connectivity index (χ2n) is 5.34. The van der Waals surface area contributed by atoms with Gasteiger partial charge < -0.3 is 9.88 Å². The average molecular weight is 219 g/mol. The van der Waals surface area contributed by atoms with Gasteiger partial charge in [-0.1, -0.05) is 0 Å². The van der Waals surface area contributed by atoms with E-state index in [0.717, 1.165) is 18.5 Å². The van der Waals surface area contributed by atoms with E-state index >= 15 is 0 Å². The van der Waals surface area contributed by atoms with Gasteiger partial charge in [-0.25, -0.2) is 0 Å². The summed E-state index contributed by atoms with van der Waals surface area (Å²) in [6.45, 7) is 4.86. The van der Waals surface area contributed by atoms with Crippen LogP contribution in [0.15, 0.2) is 18.5 Å². The Kier molecular flexibility index (Phi) is 2.74. The van der Waals surface area contributed by atoms with Crippen LogP contribution in [-0.4, -0.2) is 35.1 Å². The van der Waals surface area contributed by atoms with Crippen molar-refractivity contribution in [3.05, 3.63) is 24.0 Å². The third-order valence-corrected chi connectivity index (χ3v) is 3.97. The highest BCUT2D eigenvalue weighted by molar-refractivity contribution is 5.10. The van der Waals surface area contributed by atoms with Crippen LogP contribution in [0.25, 0.3) is 0 Å². The lowest BCUT2D eigenvalue weighted by molar-refractivity contribution is 0.312. The molecule has 0 bridgehead atoms. The molecule has 3 nitrogen and oxygen atoms in total. The zero-order chi connectivity index (χ0) is 11.0. The van der Waals surface area contributed by atoms with Crippen molar-refractivity contribution in [3.63, 3.8) is 0 Å². The predicted molar refractivity (Wildman–Crippen MR) is 65.2 cm³/mol. The van der Waals surface area contributed by atoms with E-state index in [-0.39, 0.29) is 0 Å². The normalized spacial score (nSPS) is 30.6. The number of hydrogen-bond acceptors (Lipinski definition) is 2. The molecule has 2 atom stereocenters. The Labute approximate surface area is 97.4 Å². The summed E-state index contributed by atoms with van der Waals surface area (Å²) in [5.74, 6) is 0.900. The van der Waals surface area contributed by atoms with Crippen molar-refractivity contribution in [2.75, 3.05) is 19.6 Å². The zero-order valence-corrected chi connectivity index (χ0v) is 10.0. The van der Waals surface area contributed by atoms with Gasteiger partial charge in [0.15, 0.2) is 0 Å². The summed E-state index contributed by atoms with van der Waals surface area (Å²) in [6.07, 6.45) is 7.15. The molecule has 0 aromatic carbocycles. The zero-order valence-electron chi connectivity index (χ0n) is 10.0. The van der Waals surface area contributed by atoms with Crippen LogP contribution in [0, 0.1) is 5.92 Å². The number of aryl methyl sites for hydroxylation is 1. The SMILES string of the molecule is Cn1ccc(CN2C[C@@H]3CCCN[C@@H]3C2)c1. The summed E-state index contributed by atoms with van der Waals surface area (Å²) >= 11 is 0. The predicted octanol–water partition coefficient (Wildman–Crippen LogP) is 1.21. The minimum Gasteiger partial charge on any atom is -0.357 e. The molecule has 2 fully saturated rings. The molecule has 0 saturated carbocycles. The number of likely N-dealkylation sites (tertiary alicyclic amines) is 1. The highest BCUT2D eigenvalue weighted by Crippen LogP contribution is 2.25. The Morgan fingerprint density at radius 2 is 2.38 bits per heavy atom. The molecule has 16 heavy (non-hydrogen) atoms. The Bertz CT molecular complexity index is 344. The maximum absolute atomic E-state index is 3.66. The number of rotatable bonds is 2. The maximum Gasteiger partial charge on any atom is 0.0249 e. The Hall–Kier alpha value is -0.800. The number of nitrogens with one attached hydrogen (secondary N) is 1. The second-order valence-corrected chi connectivity index (χ2v) is 5.34. The van der Waals surface area contributed by atoms with E-state index in [9.17, 15) is 0 Å². The van der Waals surface area contributed by atoms with Gasteiger partial charge in [-0.3, -0.25) is 4.90 Å². The number of hydrogen-bond donors (Lipinski definition) is 1. The minimum atomic E-state index is 0.762. The summed E-state index contributed by atoms with van der Waals surface area (Å²) in [7, 11) is 2.09. The summed E-state index contributed by atoms with van der Waals surface area (Å²) < 4.78 is 2.14. The van der Waals surface area contributed by atoms with Crippen LogP contribution in [0.5, 0.6) is 0 Å². The van der Waals surface area contributed by atoms with Gasteiger partial charge in [-0.05, 0) is 36.9 Å². The van der Waals surface area contributed by atoms with Crippen molar-refractivity contribution < 1.29 is 0 Å². The lowest BCUT2D eigenvalue weighted by Crippen LogP contribution is -2.40. The van der Waals surface area contributed by atoms with Crippen molar-refractivity contribution in [1.82, 2.24) is 14.8 Å². The van der Waals surface area contributed by atoms with E-state index in [2.05, 4.69) is 40.3 Å². The van der Waals surface area contributed by atoms with E-state index in [4.69, 9.17) is 0 Å². The Morgan fingerprint density at radius 1 is 1.44 bits per heavy atom. The molecule has 1 aromatic heterocycles. The third kappa shape index (κ3) is 2.02. The van der Waals surface area contributed by atoms with Crippen molar-refractivity contribution in [1.29, 1.82) is 0 Å². The van der Waals surface area contributed by atoms with Crippen LogP contribution in [-0.2, 0) is 13.6 Å². The Morgan fingerprint density at radius 3 is 3.12 bits per heavy atom. The molecule has 0 amide bonds. The van der Waals surface area contributed by atoms with Crippen molar-refractivity contribution >= 4 is 0 Å². The topological polar surface area (TPSA) is 20.2 Å². The van der Waals surface area contributed by atoms with Crippen LogP contribution < -0.4 is 5.32 Å². The highest BCUT2D eigenvalue weighted by Gasteiger charge is 2.33. The molecule has 2 aliphatic heterocycles. The highest BCUT2D eigenvalue weighted by atomic mass is 15.2. The fourth-order valence-corrected chi connectivity index (χ4v) is 3.18. The summed E-state index contributed by atoms with van der Waals surface area (Å²) in [6, 6.07) is 2.99. The van der Waals surface area contributed by atoms with Gasteiger partial charge >= 0.3 is 0 Å². The molecule has 0 radical (unpaired) electrons. The van der Waals surface area contributed by atoms with E-state index in [1.807, 2.05) is 0 Å². The molecule has 88 valence electrons. The van der Waals surface area contributed by atoms with Gasteiger partial charge in [0.05, 0.1) is 0 Å². The quantitative estimate of drug-likeness (QED) is 0.807. The van der Waals surface area contributed by atoms with E-state index in [1.54, 1.807) is 0 Å². The standard InChI is InChI=1S/C13H21N3/c1-15-6-4-11(7-15)8-16-9-12-3-2-5-14-13(12)10-16/h4,6-7,12-14H,2-3,5,8-10H2,1H3/t12-,13+/m0/s1. The van der Waals surface area contributed by atoms with Crippen LogP contribution in [0.2, 0.25) is 0 Å². The first-order valence-corrected chi connectivity index (χ1v) is 6.38. The average Bonchev–Trinajstić information content (AvgIpc) is 2.84. The van der Waals surface area contributed by atoms with E-state index in [1.165, 1.54) is 38.0 Å². The van der Waals surface area contributed by atoms with Crippen LogP contribution in [0.4, 0.5) is 0 Å². The summed E-state index contributed by atoms with van der Waals surface area (Å²) in [5, 5.41) is 3.66. The third-order valence-electron chi connectivity index (χ3n) is 3.97. The lowest BCUT2D eigenvalue weighted by Gasteiger charge is -2.24. The van der Waals surface area contributed by atoms with Gasteiger partial charge in [-0.15, -0.1) is 0 Å². The molecule has 3 rings (SSSR count). The number of fused-ring (bicyclic) bond motifs is 1. The first-order chi connectivity index (χ1) is 7.81. The molecule has 3 heterocycles. The van der Waals surface area contributed by atoms with Crippen LogP contribution >= 0.6 is 0 Å². The van der Waals surface area contributed by atoms with E-state index in [0.29, 0.717) is 0 Å². The lowest BCUT2D eigenvalue weighted by atomic mass is 9.94. The molecule has 0 spiro atoms. The molecule has 3 heteroatoms. The van der Waals surface area contributed by atoms with Gasteiger partial charge in [0.1, 0.15) is 0 Å². The van der Waals surface area contributed by atoms with E-state index < -0.39 is 0 Å². The van der Waals surface area contributed by atoms with Crippen molar-refractivity contribution in [2.45, 2.75) is 25.4 Å². The first-order valence-electron chi connectivity index (χ1n) is 6.38. The number of aromatic nitrogens is 1. The van der Waals surface area contributed by atoms with Crippen molar-refractivity contribution in [2.24, 2.45) is 13.0 Å². The largest absolute Gasteiger partial charge is 0.357 e. The molecule has 1 N–H and O–H groups in total. The number of piperidine rings is 1. The molecule has 2 aliphatic rings. The summed E-state index contributed by atoms with van der Waals surface area (Å²) in [4.78, 5) is 2.60. The van der Waals surface area contributed by atoms with Crippen LogP contribution in [0.1, 0.15) is 18.4 Å². The minimum absolute atomic E-state index is 0.762. The van der Waals surface area contributed by atoms with Gasteiger partial charge in [0, 0.05) is 45.1 Å². The van der Waals surface area contributed by atoms with Gasteiger partial charge in [0.2, 0.25) is 0 Å². The second kappa shape index (κ2) is 4.22. The monoisotopic (exact) mass is 219 g/mol. The molecule has 0 unspecified atom stereocenters. The Balaban J connectivity index is 1.61. The summed E-state index contributed by atoms with van der Waals surface area (Å²) in [5.41, 5.74) is 1.45. The van der Waals surface area contributed by atoms with Gasteiger partial charge in [0.25, 0.3) is 0 Å². The number of nitrogens with zero attached hydrogens (tertiary/aromatic N) is 2. The molecule has 1 aromatic rings. The van der Waals surface area contributed by atoms with Gasteiger partial charge in [-0.2, -0.15) is 0 Å². The first kappa shape index (κ1) is 10.4. The fourth-order valence-electron chi connectivity index (χ4n) is 3.18. The van der Waals surface area contributed by atoms with Crippen LogP contribution in [0.3, 0.4) is 0 Å². The molecular formula is C13H21N3. The molecule has 2 saturated heterocycles. The maximum atomic E-state index is 3.66. The molecular weight excluding hydrogens is 198 g/mol.